The Balaban J connectivity index is 2.21. The van der Waals surface area contributed by atoms with E-state index < -0.39 is 5.97 Å². The zero-order valence-corrected chi connectivity index (χ0v) is 12.2. The van der Waals surface area contributed by atoms with Crippen LogP contribution in [0.15, 0.2) is 36.5 Å². The van der Waals surface area contributed by atoms with Crippen LogP contribution in [0.5, 0.6) is 0 Å². The number of pyridine rings is 1. The quantitative estimate of drug-likeness (QED) is 0.915. The second kappa shape index (κ2) is 5.20. The minimum atomic E-state index is -0.925. The molecule has 1 N–H and O–H groups in total. The molecule has 0 radical (unpaired) electrons. The molecule has 0 fully saturated rings. The third-order valence-corrected chi connectivity index (χ3v) is 4.10. The first kappa shape index (κ1) is 13.6. The van der Waals surface area contributed by atoms with Crippen molar-refractivity contribution in [3.8, 4) is 0 Å². The van der Waals surface area contributed by atoms with E-state index in [0.717, 1.165) is 24.1 Å². The molecule has 1 aliphatic rings. The Hall–Kier alpha value is -2.36. The highest BCUT2D eigenvalue weighted by atomic mass is 16.4. The van der Waals surface area contributed by atoms with Gasteiger partial charge in [-0.1, -0.05) is 18.2 Å². The second-order valence-electron chi connectivity index (χ2n) is 5.52. The molecule has 4 nitrogen and oxygen atoms in total. The third kappa shape index (κ3) is 2.27. The Bertz CT molecular complexity index is 697. The van der Waals surface area contributed by atoms with Gasteiger partial charge < -0.3 is 10.0 Å². The van der Waals surface area contributed by atoms with Gasteiger partial charge in [0.1, 0.15) is 11.4 Å². The van der Waals surface area contributed by atoms with Crippen LogP contribution in [0.2, 0.25) is 0 Å². The minimum Gasteiger partial charge on any atom is -0.478 e. The van der Waals surface area contributed by atoms with Gasteiger partial charge >= 0.3 is 5.97 Å². The fraction of sp³-hybridized carbons (Fsp3) is 0.294. The van der Waals surface area contributed by atoms with E-state index in [1.54, 1.807) is 12.3 Å². The lowest BCUT2D eigenvalue weighted by atomic mass is 9.95. The van der Waals surface area contributed by atoms with Crippen LogP contribution in [0.25, 0.3) is 0 Å². The van der Waals surface area contributed by atoms with Crippen molar-refractivity contribution in [3.63, 3.8) is 0 Å². The number of fused-ring (bicyclic) bond motifs is 1. The van der Waals surface area contributed by atoms with Crippen molar-refractivity contribution in [3.05, 3.63) is 53.2 Å². The van der Waals surface area contributed by atoms with E-state index in [1.165, 1.54) is 5.56 Å². The fourth-order valence-corrected chi connectivity index (χ4v) is 3.00. The lowest BCUT2D eigenvalue weighted by molar-refractivity contribution is 0.0696. The molecule has 4 heteroatoms. The molecule has 0 saturated heterocycles. The summed E-state index contributed by atoms with van der Waals surface area (Å²) >= 11 is 0. The number of carbonyl (C=O) groups is 1. The monoisotopic (exact) mass is 282 g/mol. The highest BCUT2D eigenvalue weighted by Gasteiger charge is 2.29. The van der Waals surface area contributed by atoms with Crippen LogP contribution in [-0.4, -0.2) is 22.1 Å². The molecule has 21 heavy (non-hydrogen) atoms. The van der Waals surface area contributed by atoms with Gasteiger partial charge in [0.15, 0.2) is 0 Å². The first-order valence-electron chi connectivity index (χ1n) is 7.15. The Labute approximate surface area is 124 Å². The standard InChI is InChI=1S/C17H18N2O2/c1-11-9-10-18-16(15(11)17(20)21)19-12(2)7-8-13-5-3-4-6-14(13)19/h3-6,9-10,12H,7-8H2,1-2H3,(H,20,21). The van der Waals surface area contributed by atoms with E-state index in [0.29, 0.717) is 11.4 Å². The van der Waals surface area contributed by atoms with Crippen molar-refractivity contribution in [1.82, 2.24) is 4.98 Å². The number of carboxylic acids is 1. The van der Waals surface area contributed by atoms with Crippen molar-refractivity contribution >= 4 is 17.5 Å². The highest BCUT2D eigenvalue weighted by molar-refractivity contribution is 5.96. The molecule has 0 saturated carbocycles. The van der Waals surface area contributed by atoms with Crippen molar-refractivity contribution in [2.45, 2.75) is 32.7 Å². The van der Waals surface area contributed by atoms with E-state index in [4.69, 9.17) is 0 Å². The van der Waals surface area contributed by atoms with Crippen molar-refractivity contribution in [1.29, 1.82) is 0 Å². The largest absolute Gasteiger partial charge is 0.478 e. The van der Waals surface area contributed by atoms with Crippen LogP contribution in [0.1, 0.15) is 34.8 Å². The van der Waals surface area contributed by atoms with E-state index >= 15 is 0 Å². The van der Waals surface area contributed by atoms with Gasteiger partial charge in [-0.15, -0.1) is 0 Å². The molecule has 0 amide bonds. The Kier molecular flexibility index (Phi) is 3.37. The van der Waals surface area contributed by atoms with Gasteiger partial charge in [-0.25, -0.2) is 9.78 Å². The number of hydrogen-bond donors (Lipinski definition) is 1. The second-order valence-corrected chi connectivity index (χ2v) is 5.52. The molecule has 1 unspecified atom stereocenters. The van der Waals surface area contributed by atoms with Gasteiger partial charge in [0.05, 0.1) is 0 Å². The molecular formula is C17H18N2O2. The predicted octanol–water partition coefficient (Wildman–Crippen LogP) is 3.56. The van der Waals surface area contributed by atoms with E-state index in [1.807, 2.05) is 25.1 Å². The van der Waals surface area contributed by atoms with E-state index in [9.17, 15) is 9.90 Å². The maximum Gasteiger partial charge on any atom is 0.339 e. The molecule has 0 spiro atoms. The van der Waals surface area contributed by atoms with Crippen molar-refractivity contribution in [2.75, 3.05) is 4.90 Å². The summed E-state index contributed by atoms with van der Waals surface area (Å²) in [6, 6.07) is 10.1. The zero-order valence-electron chi connectivity index (χ0n) is 12.2. The first-order valence-corrected chi connectivity index (χ1v) is 7.15. The number of aromatic nitrogens is 1. The molecule has 1 atom stereocenters. The topological polar surface area (TPSA) is 53.4 Å². The summed E-state index contributed by atoms with van der Waals surface area (Å²) in [5, 5.41) is 9.54. The average Bonchev–Trinajstić information content (AvgIpc) is 2.46. The summed E-state index contributed by atoms with van der Waals surface area (Å²) in [4.78, 5) is 18.1. The molecule has 2 aromatic rings. The van der Waals surface area contributed by atoms with Gasteiger partial charge in [0, 0.05) is 17.9 Å². The predicted molar refractivity (Wildman–Crippen MR) is 82.3 cm³/mol. The number of benzene rings is 1. The molecule has 0 aliphatic carbocycles. The van der Waals surface area contributed by atoms with Crippen LogP contribution >= 0.6 is 0 Å². The SMILES string of the molecule is Cc1ccnc(N2c3ccccc3CCC2C)c1C(=O)O. The molecule has 1 aliphatic heterocycles. The van der Waals surface area contributed by atoms with Crippen LogP contribution in [0.3, 0.4) is 0 Å². The molecule has 2 heterocycles. The van der Waals surface area contributed by atoms with E-state index in [-0.39, 0.29) is 6.04 Å². The average molecular weight is 282 g/mol. The third-order valence-electron chi connectivity index (χ3n) is 4.10. The molecule has 0 bridgehead atoms. The number of aryl methyl sites for hydroxylation is 2. The lowest BCUT2D eigenvalue weighted by Gasteiger charge is -2.37. The van der Waals surface area contributed by atoms with Gasteiger partial charge in [-0.3, -0.25) is 0 Å². The minimum absolute atomic E-state index is 0.229. The van der Waals surface area contributed by atoms with Gasteiger partial charge in [0.2, 0.25) is 0 Å². The number of anilines is 2. The van der Waals surface area contributed by atoms with Crippen LogP contribution in [-0.2, 0) is 6.42 Å². The normalized spacial score (nSPS) is 17.4. The number of nitrogens with zero attached hydrogens (tertiary/aromatic N) is 2. The summed E-state index contributed by atoms with van der Waals surface area (Å²) in [6.07, 6.45) is 3.69. The van der Waals surface area contributed by atoms with Crippen molar-refractivity contribution < 1.29 is 9.90 Å². The zero-order chi connectivity index (χ0) is 15.0. The summed E-state index contributed by atoms with van der Waals surface area (Å²) in [7, 11) is 0. The molecule has 3 rings (SSSR count). The summed E-state index contributed by atoms with van der Waals surface area (Å²) in [5.41, 5.74) is 3.34. The Morgan fingerprint density at radius 2 is 2.10 bits per heavy atom. The number of hydrogen-bond acceptors (Lipinski definition) is 3. The van der Waals surface area contributed by atoms with Crippen molar-refractivity contribution in [2.24, 2.45) is 0 Å². The summed E-state index contributed by atoms with van der Waals surface area (Å²) < 4.78 is 0. The lowest BCUT2D eigenvalue weighted by Crippen LogP contribution is -2.35. The number of carboxylic acid groups (broad SMARTS) is 1. The van der Waals surface area contributed by atoms with Gasteiger partial charge in [-0.05, 0) is 49.9 Å². The Morgan fingerprint density at radius 3 is 2.86 bits per heavy atom. The molecule has 108 valence electrons. The Morgan fingerprint density at radius 1 is 1.33 bits per heavy atom. The number of para-hydroxylation sites is 1. The highest BCUT2D eigenvalue weighted by Crippen LogP contribution is 2.37. The summed E-state index contributed by atoms with van der Waals surface area (Å²) in [5.74, 6) is -0.381. The van der Waals surface area contributed by atoms with Crippen LogP contribution in [0, 0.1) is 6.92 Å². The van der Waals surface area contributed by atoms with Gasteiger partial charge in [-0.2, -0.15) is 0 Å². The number of aromatic carboxylic acids is 1. The number of rotatable bonds is 2. The molecule has 1 aromatic carbocycles. The molecule has 1 aromatic heterocycles. The smallest absolute Gasteiger partial charge is 0.339 e. The van der Waals surface area contributed by atoms with E-state index in [2.05, 4.69) is 22.9 Å². The fourth-order valence-electron chi connectivity index (χ4n) is 3.00. The first-order chi connectivity index (χ1) is 10.1. The van der Waals surface area contributed by atoms with Crippen LogP contribution in [0.4, 0.5) is 11.5 Å². The molecular weight excluding hydrogens is 264 g/mol. The maximum atomic E-state index is 11.6. The summed E-state index contributed by atoms with van der Waals surface area (Å²) in [6.45, 7) is 3.93. The maximum absolute atomic E-state index is 11.6. The van der Waals surface area contributed by atoms with Gasteiger partial charge in [0.25, 0.3) is 0 Å². The van der Waals surface area contributed by atoms with Crippen LogP contribution < -0.4 is 4.90 Å².